The van der Waals surface area contributed by atoms with Crippen LogP contribution in [0.1, 0.15) is 65.2 Å². The van der Waals surface area contributed by atoms with E-state index >= 15 is 0 Å². The van der Waals surface area contributed by atoms with Gasteiger partial charge < -0.3 is 9.47 Å². The molecular weight excluding hydrogens is 363 g/mol. The molecule has 0 aromatic heterocycles. The van der Waals surface area contributed by atoms with Crippen LogP contribution in [0.15, 0.2) is 0 Å². The monoisotopic (exact) mass is 388 g/mol. The van der Waals surface area contributed by atoms with Gasteiger partial charge in [-0.25, -0.2) is 0 Å². The third-order valence-corrected chi connectivity index (χ3v) is 4.69. The van der Waals surface area contributed by atoms with Crippen LogP contribution in [0.25, 0.3) is 0 Å². The van der Waals surface area contributed by atoms with E-state index in [0.717, 1.165) is 12.8 Å². The maximum atomic E-state index is 12.7. The molecule has 0 spiro atoms. The van der Waals surface area contributed by atoms with Crippen LogP contribution in [-0.2, 0) is 19.1 Å². The number of halogens is 5. The summed E-state index contributed by atoms with van der Waals surface area (Å²) in [6.45, 7) is 1.59. The smallest absolute Gasteiger partial charge is 0.456 e. The van der Waals surface area contributed by atoms with Gasteiger partial charge in [0, 0.05) is 6.42 Å². The van der Waals surface area contributed by atoms with Gasteiger partial charge in [0.05, 0.1) is 5.92 Å². The van der Waals surface area contributed by atoms with Crippen LogP contribution >= 0.6 is 0 Å². The predicted molar refractivity (Wildman–Crippen MR) is 82.6 cm³/mol. The fraction of sp³-hybridized carbons (Fsp3) is 0.882. The summed E-state index contributed by atoms with van der Waals surface area (Å²) < 4.78 is 71.2. The van der Waals surface area contributed by atoms with E-state index in [4.69, 9.17) is 4.74 Å². The Morgan fingerprint density at radius 2 is 1.69 bits per heavy atom. The minimum absolute atomic E-state index is 0.185. The van der Waals surface area contributed by atoms with E-state index in [-0.39, 0.29) is 24.7 Å². The Hall–Kier alpha value is -1.41. The molecule has 152 valence electrons. The molecule has 1 atom stereocenters. The second-order valence-corrected chi connectivity index (χ2v) is 6.84. The maximum Gasteiger partial charge on any atom is 0.456 e. The molecule has 1 fully saturated rings. The standard InChI is InChI=1S/C17H25F5O4/c1-3-12(2)14(24)26-15(8-4-5-9-15)10-6-7-13(23)25-11-16(18,19)17(20,21)22/h12H,3-11H2,1-2H3. The van der Waals surface area contributed by atoms with Gasteiger partial charge in [-0.3, -0.25) is 9.59 Å². The summed E-state index contributed by atoms with van der Waals surface area (Å²) in [5.74, 6) is -6.76. The van der Waals surface area contributed by atoms with Gasteiger partial charge in [0.1, 0.15) is 5.60 Å². The zero-order chi connectivity index (χ0) is 20.0. The predicted octanol–water partition coefficient (Wildman–Crippen LogP) is 4.80. The Morgan fingerprint density at radius 1 is 1.12 bits per heavy atom. The highest BCUT2D eigenvalue weighted by atomic mass is 19.4. The molecule has 0 aromatic carbocycles. The first-order valence-electron chi connectivity index (χ1n) is 8.75. The molecule has 0 aromatic rings. The molecule has 9 heteroatoms. The lowest BCUT2D eigenvalue weighted by Gasteiger charge is -2.30. The molecule has 26 heavy (non-hydrogen) atoms. The summed E-state index contributed by atoms with van der Waals surface area (Å²) in [5, 5.41) is 0. The quantitative estimate of drug-likeness (QED) is 0.421. The van der Waals surface area contributed by atoms with Gasteiger partial charge in [-0.2, -0.15) is 22.0 Å². The normalized spacial score (nSPS) is 18.4. The molecule has 4 nitrogen and oxygen atoms in total. The van der Waals surface area contributed by atoms with E-state index in [2.05, 4.69) is 4.74 Å². The molecular formula is C17H25F5O4. The van der Waals surface area contributed by atoms with Crippen molar-refractivity contribution in [1.29, 1.82) is 0 Å². The molecule has 1 saturated carbocycles. The molecule has 1 aliphatic carbocycles. The topological polar surface area (TPSA) is 52.6 Å². The zero-order valence-corrected chi connectivity index (χ0v) is 15.0. The number of ether oxygens (including phenoxy) is 2. The van der Waals surface area contributed by atoms with E-state index < -0.39 is 30.3 Å². The van der Waals surface area contributed by atoms with Crippen LogP contribution in [-0.4, -0.2) is 36.2 Å². The van der Waals surface area contributed by atoms with Gasteiger partial charge in [-0.05, 0) is 44.9 Å². The summed E-state index contributed by atoms with van der Waals surface area (Å²) in [6.07, 6.45) is -1.86. The van der Waals surface area contributed by atoms with Crippen molar-refractivity contribution < 1.29 is 41.0 Å². The van der Waals surface area contributed by atoms with Crippen LogP contribution in [0.2, 0.25) is 0 Å². The average molecular weight is 388 g/mol. The number of esters is 2. The van der Waals surface area contributed by atoms with E-state index in [1.165, 1.54) is 0 Å². The van der Waals surface area contributed by atoms with Crippen molar-refractivity contribution in [3.63, 3.8) is 0 Å². The largest absolute Gasteiger partial charge is 0.459 e. The minimum Gasteiger partial charge on any atom is -0.459 e. The summed E-state index contributed by atoms with van der Waals surface area (Å²) in [6, 6.07) is 0. The molecule has 0 heterocycles. The van der Waals surface area contributed by atoms with Crippen LogP contribution in [0.5, 0.6) is 0 Å². The van der Waals surface area contributed by atoms with Crippen molar-refractivity contribution in [3.8, 4) is 0 Å². The number of carbonyl (C=O) groups is 2. The van der Waals surface area contributed by atoms with E-state index in [0.29, 0.717) is 25.7 Å². The van der Waals surface area contributed by atoms with Gasteiger partial charge >= 0.3 is 24.0 Å². The van der Waals surface area contributed by atoms with Crippen molar-refractivity contribution in [2.75, 3.05) is 6.61 Å². The van der Waals surface area contributed by atoms with Crippen molar-refractivity contribution in [1.82, 2.24) is 0 Å². The maximum absolute atomic E-state index is 12.7. The molecule has 0 amide bonds. The summed E-state index contributed by atoms with van der Waals surface area (Å²) in [4.78, 5) is 23.5. The Labute approximate surface area is 149 Å². The molecule has 0 aliphatic heterocycles. The lowest BCUT2D eigenvalue weighted by atomic mass is 9.94. The molecule has 0 bridgehead atoms. The summed E-state index contributed by atoms with van der Waals surface area (Å²) in [5.41, 5.74) is -0.684. The highest BCUT2D eigenvalue weighted by Gasteiger charge is 2.58. The summed E-state index contributed by atoms with van der Waals surface area (Å²) >= 11 is 0. The fourth-order valence-electron chi connectivity index (χ4n) is 2.78. The second kappa shape index (κ2) is 8.99. The lowest BCUT2D eigenvalue weighted by Crippen LogP contribution is -2.41. The van der Waals surface area contributed by atoms with Crippen molar-refractivity contribution >= 4 is 11.9 Å². The van der Waals surface area contributed by atoms with Crippen molar-refractivity contribution in [3.05, 3.63) is 0 Å². The zero-order valence-electron chi connectivity index (χ0n) is 15.0. The number of rotatable bonds is 9. The van der Waals surface area contributed by atoms with Crippen molar-refractivity contribution in [2.45, 2.75) is 82.9 Å². The fourth-order valence-corrected chi connectivity index (χ4v) is 2.78. The van der Waals surface area contributed by atoms with Crippen LogP contribution in [0.4, 0.5) is 22.0 Å². The van der Waals surface area contributed by atoms with Gasteiger partial charge in [-0.1, -0.05) is 13.8 Å². The lowest BCUT2D eigenvalue weighted by molar-refractivity contribution is -0.294. The van der Waals surface area contributed by atoms with Gasteiger partial charge in [-0.15, -0.1) is 0 Å². The molecule has 0 radical (unpaired) electrons. The number of carbonyl (C=O) groups excluding carboxylic acids is 2. The molecule has 1 rings (SSSR count). The Kier molecular flexibility index (Phi) is 7.83. The SMILES string of the molecule is CCC(C)C(=O)OC1(CCCC(=O)OCC(F)(F)C(F)(F)F)CCCC1. The van der Waals surface area contributed by atoms with E-state index in [1.54, 1.807) is 6.92 Å². The Morgan fingerprint density at radius 3 is 2.19 bits per heavy atom. The highest BCUT2D eigenvalue weighted by molar-refractivity contribution is 5.72. The minimum atomic E-state index is -5.76. The summed E-state index contributed by atoms with van der Waals surface area (Å²) in [7, 11) is 0. The van der Waals surface area contributed by atoms with Gasteiger partial charge in [0.2, 0.25) is 0 Å². The second-order valence-electron chi connectivity index (χ2n) is 6.84. The van der Waals surface area contributed by atoms with Crippen LogP contribution < -0.4 is 0 Å². The third kappa shape index (κ3) is 6.39. The third-order valence-electron chi connectivity index (χ3n) is 4.69. The van der Waals surface area contributed by atoms with Crippen molar-refractivity contribution in [2.24, 2.45) is 5.92 Å². The Balaban J connectivity index is 2.46. The van der Waals surface area contributed by atoms with E-state index in [9.17, 15) is 31.5 Å². The molecule has 1 unspecified atom stereocenters. The molecule has 0 saturated heterocycles. The van der Waals surface area contributed by atoms with Gasteiger partial charge in [0.15, 0.2) is 6.61 Å². The first-order chi connectivity index (χ1) is 11.9. The number of hydrogen-bond acceptors (Lipinski definition) is 4. The number of alkyl halides is 5. The average Bonchev–Trinajstić information content (AvgIpc) is 2.99. The van der Waals surface area contributed by atoms with Crippen LogP contribution in [0.3, 0.4) is 0 Å². The van der Waals surface area contributed by atoms with Crippen LogP contribution in [0, 0.1) is 5.92 Å². The first kappa shape index (κ1) is 22.6. The first-order valence-corrected chi connectivity index (χ1v) is 8.75. The molecule has 1 aliphatic rings. The highest BCUT2D eigenvalue weighted by Crippen LogP contribution is 2.38. The van der Waals surface area contributed by atoms with Gasteiger partial charge in [0.25, 0.3) is 0 Å². The van der Waals surface area contributed by atoms with E-state index in [1.807, 2.05) is 6.92 Å². The Bertz CT molecular complexity index is 484. The number of hydrogen-bond donors (Lipinski definition) is 0. The molecule has 0 N–H and O–H groups in total.